The van der Waals surface area contributed by atoms with Gasteiger partial charge in [-0.15, -0.1) is 35.3 Å². The highest BCUT2D eigenvalue weighted by Crippen LogP contribution is 2.20. The van der Waals surface area contributed by atoms with Crippen LogP contribution in [0.2, 0.25) is 0 Å². The molecule has 0 amide bonds. The molecule has 1 aliphatic rings. The number of rotatable bonds is 7. The van der Waals surface area contributed by atoms with Gasteiger partial charge in [-0.05, 0) is 57.5 Å². The Bertz CT molecular complexity index is 770. The minimum Gasteiger partial charge on any atom is -0.357 e. The van der Waals surface area contributed by atoms with E-state index in [0.29, 0.717) is 12.5 Å². The lowest BCUT2D eigenvalue weighted by Crippen LogP contribution is -2.44. The lowest BCUT2D eigenvalue weighted by Gasteiger charge is -2.32. The molecule has 29 heavy (non-hydrogen) atoms. The second kappa shape index (κ2) is 11.9. The van der Waals surface area contributed by atoms with Crippen LogP contribution < -0.4 is 10.6 Å². The Morgan fingerprint density at radius 3 is 2.83 bits per heavy atom. The topological polar surface area (TPSA) is 57.5 Å². The molecule has 0 spiro atoms. The maximum Gasteiger partial charge on any atom is 0.191 e. The van der Waals surface area contributed by atoms with Crippen LogP contribution in [0, 0.1) is 19.8 Å². The molecule has 1 fully saturated rings. The van der Waals surface area contributed by atoms with Gasteiger partial charge < -0.3 is 10.6 Å². The van der Waals surface area contributed by atoms with Gasteiger partial charge in [0.2, 0.25) is 0 Å². The number of guanidine groups is 1. The lowest BCUT2D eigenvalue weighted by molar-refractivity contribution is 0.169. The van der Waals surface area contributed by atoms with E-state index in [1.54, 1.807) is 0 Å². The SMILES string of the molecule is CCNC(=NCc1c(C)nn(C)c1C)NCC1CCCN(Cc2cccs2)C1.I. The largest absolute Gasteiger partial charge is 0.357 e. The van der Waals surface area contributed by atoms with Gasteiger partial charge in [0.15, 0.2) is 5.96 Å². The van der Waals surface area contributed by atoms with Crippen LogP contribution in [-0.4, -0.2) is 46.8 Å². The van der Waals surface area contributed by atoms with Gasteiger partial charge in [-0.1, -0.05) is 6.07 Å². The van der Waals surface area contributed by atoms with Gasteiger partial charge in [-0.25, -0.2) is 4.99 Å². The van der Waals surface area contributed by atoms with Crippen LogP contribution in [0.1, 0.15) is 41.6 Å². The van der Waals surface area contributed by atoms with E-state index in [1.807, 2.05) is 23.1 Å². The summed E-state index contributed by atoms with van der Waals surface area (Å²) in [6, 6.07) is 4.39. The smallest absolute Gasteiger partial charge is 0.191 e. The Morgan fingerprint density at radius 2 is 2.17 bits per heavy atom. The second-order valence-electron chi connectivity index (χ2n) is 7.67. The molecule has 1 saturated heterocycles. The number of likely N-dealkylation sites (tertiary alicyclic amines) is 1. The average Bonchev–Trinajstić information content (AvgIpc) is 3.27. The van der Waals surface area contributed by atoms with Crippen molar-refractivity contribution in [3.05, 3.63) is 39.3 Å². The lowest BCUT2D eigenvalue weighted by atomic mass is 9.98. The number of aryl methyl sites for hydroxylation is 2. The van der Waals surface area contributed by atoms with Crippen molar-refractivity contribution in [2.45, 2.75) is 46.7 Å². The van der Waals surface area contributed by atoms with E-state index < -0.39 is 0 Å². The van der Waals surface area contributed by atoms with Crippen molar-refractivity contribution >= 4 is 41.3 Å². The Labute approximate surface area is 196 Å². The van der Waals surface area contributed by atoms with Crippen molar-refractivity contribution in [2.75, 3.05) is 26.2 Å². The maximum atomic E-state index is 4.81. The van der Waals surface area contributed by atoms with Crippen molar-refractivity contribution in [1.82, 2.24) is 25.3 Å². The number of thiophene rings is 1. The van der Waals surface area contributed by atoms with Crippen molar-refractivity contribution < 1.29 is 0 Å². The van der Waals surface area contributed by atoms with Crippen LogP contribution in [0.15, 0.2) is 22.5 Å². The van der Waals surface area contributed by atoms with Crippen LogP contribution in [0.3, 0.4) is 0 Å². The molecular formula is C21H35IN6S. The highest BCUT2D eigenvalue weighted by atomic mass is 127. The number of halogens is 1. The first kappa shape index (κ1) is 24.1. The molecule has 0 aliphatic carbocycles. The Hall–Kier alpha value is -1.13. The van der Waals surface area contributed by atoms with Crippen LogP contribution in [0.5, 0.6) is 0 Å². The highest BCUT2D eigenvalue weighted by Gasteiger charge is 2.20. The minimum atomic E-state index is 0. The molecule has 8 heteroatoms. The number of nitrogens with zero attached hydrogens (tertiary/aromatic N) is 4. The zero-order valence-corrected chi connectivity index (χ0v) is 21.2. The molecular weight excluding hydrogens is 495 g/mol. The van der Waals surface area contributed by atoms with E-state index in [0.717, 1.165) is 37.8 Å². The molecule has 2 N–H and O–H groups in total. The maximum absolute atomic E-state index is 4.81. The summed E-state index contributed by atoms with van der Waals surface area (Å²) in [6.07, 6.45) is 2.56. The Kier molecular flexibility index (Phi) is 9.91. The number of piperidine rings is 1. The fourth-order valence-electron chi connectivity index (χ4n) is 3.87. The molecule has 3 heterocycles. The molecule has 0 radical (unpaired) electrons. The predicted molar refractivity (Wildman–Crippen MR) is 133 cm³/mol. The Morgan fingerprint density at radius 1 is 1.34 bits per heavy atom. The second-order valence-corrected chi connectivity index (χ2v) is 8.70. The summed E-state index contributed by atoms with van der Waals surface area (Å²) in [5.41, 5.74) is 3.48. The third-order valence-electron chi connectivity index (χ3n) is 5.52. The van der Waals surface area contributed by atoms with Crippen molar-refractivity contribution in [3.8, 4) is 0 Å². The highest BCUT2D eigenvalue weighted by molar-refractivity contribution is 14.0. The summed E-state index contributed by atoms with van der Waals surface area (Å²) in [4.78, 5) is 8.87. The fourth-order valence-corrected chi connectivity index (χ4v) is 4.62. The number of hydrogen-bond acceptors (Lipinski definition) is 4. The van der Waals surface area contributed by atoms with Crippen LogP contribution >= 0.6 is 35.3 Å². The van der Waals surface area contributed by atoms with E-state index in [1.165, 1.54) is 35.5 Å². The zero-order valence-electron chi connectivity index (χ0n) is 18.1. The molecule has 1 atom stereocenters. The first-order chi connectivity index (χ1) is 13.6. The molecule has 0 saturated carbocycles. The quantitative estimate of drug-likeness (QED) is 0.326. The molecule has 1 unspecified atom stereocenters. The number of hydrogen-bond donors (Lipinski definition) is 2. The van der Waals surface area contributed by atoms with Gasteiger partial charge in [0, 0.05) is 49.4 Å². The third kappa shape index (κ3) is 6.96. The number of nitrogens with one attached hydrogen (secondary N) is 2. The van der Waals surface area contributed by atoms with Crippen LogP contribution in [-0.2, 0) is 20.1 Å². The standard InChI is InChI=1S/C21H34N6S.HI/c1-5-22-21(24-13-20-16(2)25-26(4)17(20)3)23-12-18-8-6-10-27(14-18)15-19-9-7-11-28-19;/h7,9,11,18H,5-6,8,10,12-15H2,1-4H3,(H2,22,23,24);1H. The summed E-state index contributed by atoms with van der Waals surface area (Å²) in [6.45, 7) is 12.2. The summed E-state index contributed by atoms with van der Waals surface area (Å²) in [5, 5.41) is 13.6. The van der Waals surface area contributed by atoms with E-state index >= 15 is 0 Å². The van der Waals surface area contributed by atoms with Gasteiger partial charge in [0.25, 0.3) is 0 Å². The molecule has 6 nitrogen and oxygen atoms in total. The van der Waals surface area contributed by atoms with Gasteiger partial charge in [-0.3, -0.25) is 9.58 Å². The molecule has 162 valence electrons. The summed E-state index contributed by atoms with van der Waals surface area (Å²) in [5.74, 6) is 1.57. The van der Waals surface area contributed by atoms with Crippen LogP contribution in [0.25, 0.3) is 0 Å². The molecule has 0 aromatic carbocycles. The van der Waals surface area contributed by atoms with E-state index in [9.17, 15) is 0 Å². The van der Waals surface area contributed by atoms with E-state index in [4.69, 9.17) is 4.99 Å². The molecule has 1 aliphatic heterocycles. The van der Waals surface area contributed by atoms with Gasteiger partial charge in [0.1, 0.15) is 0 Å². The molecule has 2 aromatic heterocycles. The first-order valence-electron chi connectivity index (χ1n) is 10.3. The molecule has 0 bridgehead atoms. The fraction of sp³-hybridized carbons (Fsp3) is 0.619. The van der Waals surface area contributed by atoms with Crippen LogP contribution in [0.4, 0.5) is 0 Å². The van der Waals surface area contributed by atoms with Gasteiger partial charge in [0.05, 0.1) is 12.2 Å². The number of aromatic nitrogens is 2. The normalized spacial score (nSPS) is 17.8. The minimum absolute atomic E-state index is 0. The summed E-state index contributed by atoms with van der Waals surface area (Å²) >= 11 is 1.86. The first-order valence-corrected chi connectivity index (χ1v) is 11.2. The van der Waals surface area contributed by atoms with Crippen molar-refractivity contribution in [2.24, 2.45) is 18.0 Å². The number of aliphatic imine (C=N–C) groups is 1. The van der Waals surface area contributed by atoms with Gasteiger partial charge in [-0.2, -0.15) is 5.10 Å². The summed E-state index contributed by atoms with van der Waals surface area (Å²) < 4.78 is 1.94. The summed E-state index contributed by atoms with van der Waals surface area (Å²) in [7, 11) is 1.99. The Balaban J connectivity index is 0.00000300. The molecule has 3 rings (SSSR count). The monoisotopic (exact) mass is 530 g/mol. The average molecular weight is 531 g/mol. The zero-order chi connectivity index (χ0) is 19.9. The molecule has 2 aromatic rings. The van der Waals surface area contributed by atoms with E-state index in [2.05, 4.69) is 58.9 Å². The van der Waals surface area contributed by atoms with E-state index in [-0.39, 0.29) is 24.0 Å². The van der Waals surface area contributed by atoms with Crippen molar-refractivity contribution in [1.29, 1.82) is 0 Å². The van der Waals surface area contributed by atoms with Gasteiger partial charge >= 0.3 is 0 Å². The van der Waals surface area contributed by atoms with Crippen molar-refractivity contribution in [3.63, 3.8) is 0 Å². The third-order valence-corrected chi connectivity index (χ3v) is 6.38. The predicted octanol–water partition coefficient (Wildman–Crippen LogP) is 3.68.